The van der Waals surface area contributed by atoms with Crippen LogP contribution in [0.2, 0.25) is 0 Å². The average Bonchev–Trinajstić information content (AvgIpc) is 3.57. The monoisotopic (exact) mass is 746 g/mol. The van der Waals surface area contributed by atoms with Crippen molar-refractivity contribution in [3.8, 4) is 16.9 Å². The van der Waals surface area contributed by atoms with Gasteiger partial charge in [-0.25, -0.2) is 14.8 Å². The molecule has 0 bridgehead atoms. The lowest BCUT2D eigenvalue weighted by Gasteiger charge is -2.31. The van der Waals surface area contributed by atoms with Gasteiger partial charge in [0.1, 0.15) is 17.2 Å². The zero-order valence-electron chi connectivity index (χ0n) is 31.4. The number of methoxy groups -OCH3 is 1. The van der Waals surface area contributed by atoms with E-state index >= 15 is 0 Å². The summed E-state index contributed by atoms with van der Waals surface area (Å²) >= 11 is 1.45. The lowest BCUT2D eigenvalue weighted by molar-refractivity contribution is -0.142. The van der Waals surface area contributed by atoms with E-state index in [1.807, 2.05) is 94.4 Å². The minimum absolute atomic E-state index is 0.0360. The number of nitrogens with one attached hydrogen (secondary N) is 1. The predicted molar refractivity (Wildman–Crippen MR) is 211 cm³/mol. The van der Waals surface area contributed by atoms with E-state index < -0.39 is 11.6 Å². The van der Waals surface area contributed by atoms with Gasteiger partial charge in [-0.1, -0.05) is 47.7 Å². The lowest BCUT2D eigenvalue weighted by Crippen LogP contribution is -2.33. The summed E-state index contributed by atoms with van der Waals surface area (Å²) in [6.45, 7) is 8.65. The van der Waals surface area contributed by atoms with Gasteiger partial charge in [0.15, 0.2) is 10.8 Å². The number of ether oxygens (including phenoxy) is 3. The quantitative estimate of drug-likeness (QED) is 0.148. The Morgan fingerprint density at radius 3 is 2.44 bits per heavy atom. The van der Waals surface area contributed by atoms with Gasteiger partial charge in [-0.3, -0.25) is 14.9 Å². The largest absolute Gasteiger partial charge is 0.490 e. The molecule has 54 heavy (non-hydrogen) atoms. The van der Waals surface area contributed by atoms with E-state index in [1.165, 1.54) is 18.4 Å². The molecule has 2 aliphatic rings. The summed E-state index contributed by atoms with van der Waals surface area (Å²) < 4.78 is 18.3. The highest BCUT2D eigenvalue weighted by atomic mass is 32.1. The predicted octanol–water partition coefficient (Wildman–Crippen LogP) is 8.94. The molecule has 1 saturated carbocycles. The van der Waals surface area contributed by atoms with Crippen LogP contribution in [0.5, 0.6) is 5.75 Å². The molecule has 0 saturated heterocycles. The van der Waals surface area contributed by atoms with Gasteiger partial charge in [0.05, 0.1) is 23.4 Å². The Kier molecular flexibility index (Phi) is 10.7. The third kappa shape index (κ3) is 8.26. The number of amides is 1. The number of benzene rings is 3. The minimum Gasteiger partial charge on any atom is -0.490 e. The Morgan fingerprint density at radius 1 is 0.907 bits per heavy atom. The van der Waals surface area contributed by atoms with Crippen LogP contribution in [0, 0.1) is 12.8 Å². The number of fused-ring (bicyclic) bond motifs is 2. The Bertz CT molecular complexity index is 2170. The van der Waals surface area contributed by atoms with Crippen LogP contribution in [0.15, 0.2) is 72.8 Å². The first-order chi connectivity index (χ1) is 26.0. The molecule has 3 aromatic carbocycles. The molecule has 1 fully saturated rings. The number of hydrogen-bond donors (Lipinski definition) is 1. The van der Waals surface area contributed by atoms with E-state index in [9.17, 15) is 14.4 Å². The van der Waals surface area contributed by atoms with Gasteiger partial charge in [0, 0.05) is 30.6 Å². The highest BCUT2D eigenvalue weighted by Gasteiger charge is 2.29. The number of pyridine rings is 1. The second-order valence-corrected chi connectivity index (χ2v) is 16.1. The van der Waals surface area contributed by atoms with Gasteiger partial charge in [-0.2, -0.15) is 0 Å². The summed E-state index contributed by atoms with van der Waals surface area (Å²) in [6, 6.07) is 23.4. The van der Waals surface area contributed by atoms with E-state index in [1.54, 1.807) is 0 Å². The van der Waals surface area contributed by atoms with Gasteiger partial charge in [0.2, 0.25) is 0 Å². The number of carbonyl (C=O) groups is 3. The van der Waals surface area contributed by atoms with E-state index in [-0.39, 0.29) is 23.7 Å². The highest BCUT2D eigenvalue weighted by molar-refractivity contribution is 7.22. The van der Waals surface area contributed by atoms with Crippen LogP contribution in [0.1, 0.15) is 90.4 Å². The van der Waals surface area contributed by atoms with Crippen LogP contribution >= 0.6 is 11.3 Å². The number of nitrogens with zero attached hydrogens (tertiary/aromatic N) is 3. The molecule has 3 heterocycles. The summed E-state index contributed by atoms with van der Waals surface area (Å²) in [5.74, 6) is 0.807. The minimum atomic E-state index is -0.728. The van der Waals surface area contributed by atoms with Crippen molar-refractivity contribution in [1.82, 2.24) is 9.97 Å². The first-order valence-electron chi connectivity index (χ1n) is 18.6. The van der Waals surface area contributed by atoms with Crippen molar-refractivity contribution in [2.24, 2.45) is 5.92 Å². The van der Waals surface area contributed by atoms with Gasteiger partial charge in [-0.15, -0.1) is 0 Å². The zero-order chi connectivity index (χ0) is 38.0. The number of anilines is 2. The number of thiazole rings is 1. The fourth-order valence-electron chi connectivity index (χ4n) is 7.39. The number of para-hydroxylation sites is 1. The fraction of sp³-hybridized carbons (Fsp3) is 0.372. The molecule has 2 aromatic heterocycles. The topological polar surface area (TPSA) is 120 Å². The molecule has 11 heteroatoms. The highest BCUT2D eigenvalue weighted by Crippen LogP contribution is 2.37. The molecular weight excluding hydrogens is 701 g/mol. The first-order valence-corrected chi connectivity index (χ1v) is 19.4. The molecule has 10 nitrogen and oxygen atoms in total. The summed E-state index contributed by atoms with van der Waals surface area (Å²) in [7, 11) is 1.43. The van der Waals surface area contributed by atoms with Crippen molar-refractivity contribution < 1.29 is 28.6 Å². The summed E-state index contributed by atoms with van der Waals surface area (Å²) in [5, 5.41) is 3.57. The third-order valence-electron chi connectivity index (χ3n) is 10.2. The molecule has 1 amide bonds. The summed E-state index contributed by atoms with van der Waals surface area (Å²) in [4.78, 5) is 51.0. The molecule has 280 valence electrons. The van der Waals surface area contributed by atoms with Crippen molar-refractivity contribution >= 4 is 50.3 Å². The molecule has 1 aliphatic carbocycles. The Labute approximate surface area is 319 Å². The lowest BCUT2D eigenvalue weighted by atomic mass is 9.85. The maximum Gasteiger partial charge on any atom is 0.358 e. The van der Waals surface area contributed by atoms with Crippen molar-refractivity contribution in [3.63, 3.8) is 0 Å². The van der Waals surface area contributed by atoms with Crippen molar-refractivity contribution in [3.05, 3.63) is 101 Å². The van der Waals surface area contributed by atoms with Crippen molar-refractivity contribution in [1.29, 1.82) is 0 Å². The number of hydrogen-bond acceptors (Lipinski definition) is 10. The van der Waals surface area contributed by atoms with E-state index in [4.69, 9.17) is 19.2 Å². The molecular formula is C43H46N4O6S. The normalized spacial score (nSPS) is 17.1. The number of esters is 2. The van der Waals surface area contributed by atoms with E-state index in [2.05, 4.69) is 21.3 Å². The van der Waals surface area contributed by atoms with E-state index in [0.717, 1.165) is 63.9 Å². The summed E-state index contributed by atoms with van der Waals surface area (Å²) in [5.41, 5.74) is 5.36. The molecule has 0 atom stereocenters. The number of aromatic nitrogens is 2. The molecule has 5 aromatic rings. The molecule has 7 rings (SSSR count). The zero-order valence-corrected chi connectivity index (χ0v) is 32.3. The van der Waals surface area contributed by atoms with Gasteiger partial charge in [0.25, 0.3) is 5.91 Å². The van der Waals surface area contributed by atoms with Crippen molar-refractivity contribution in [2.45, 2.75) is 84.5 Å². The SMILES string of the molecule is COC(=O)C[C@H]1CC[C@@H](Oc2cccc(-c3ccc(N4CCc5cccc(C(=O)Nc6nc7ccccc7s6)c5C4)nc3C(=O)OC(C)(C)C)c2C)CC1. The van der Waals surface area contributed by atoms with E-state index in [0.29, 0.717) is 53.9 Å². The van der Waals surface area contributed by atoms with Crippen molar-refractivity contribution in [2.75, 3.05) is 23.9 Å². The van der Waals surface area contributed by atoms with Crippen LogP contribution < -0.4 is 15.0 Å². The van der Waals surface area contributed by atoms with Gasteiger partial charge < -0.3 is 19.1 Å². The molecule has 1 N–H and O–H groups in total. The smallest absolute Gasteiger partial charge is 0.358 e. The number of rotatable bonds is 9. The standard InChI is InChI=1S/C43H46N4O6S/c1-26-30(11-9-14-35(26)52-29-18-16-27(17-19-29)24-38(48)51-5)31-20-21-37(45-39(31)41(50)53-43(2,3)4)47-23-22-28-10-8-12-32(33(28)25-47)40(49)46-42-44-34-13-6-7-15-36(34)54-42/h6-15,20-21,27,29H,16-19,22-25H2,1-5H3,(H,44,46,49)/t27-,29+. The number of carbonyl (C=O) groups excluding carboxylic acids is 3. The summed E-state index contributed by atoms with van der Waals surface area (Å²) in [6.07, 6.45) is 4.72. The van der Waals surface area contributed by atoms with Gasteiger partial charge in [-0.05, 0) is 124 Å². The third-order valence-corrected chi connectivity index (χ3v) is 11.1. The van der Waals surface area contributed by atoms with Crippen LogP contribution in [0.3, 0.4) is 0 Å². The second kappa shape index (κ2) is 15.6. The molecule has 0 unspecified atom stereocenters. The molecule has 0 spiro atoms. The van der Waals surface area contributed by atoms with Crippen LogP contribution in [-0.4, -0.2) is 53.2 Å². The van der Waals surface area contributed by atoms with Crippen LogP contribution in [0.25, 0.3) is 21.3 Å². The maximum absolute atomic E-state index is 13.9. The fourth-order valence-corrected chi connectivity index (χ4v) is 8.25. The van der Waals surface area contributed by atoms with Crippen LogP contribution in [-0.2, 0) is 27.2 Å². The Balaban J connectivity index is 1.14. The maximum atomic E-state index is 13.9. The second-order valence-electron chi connectivity index (χ2n) is 15.1. The average molecular weight is 747 g/mol. The van der Waals surface area contributed by atoms with Gasteiger partial charge >= 0.3 is 11.9 Å². The Hall–Kier alpha value is -5.29. The van der Waals surface area contributed by atoms with Crippen LogP contribution in [0.4, 0.5) is 10.9 Å². The molecule has 1 aliphatic heterocycles. The first kappa shape index (κ1) is 37.0. The molecule has 0 radical (unpaired) electrons. The Morgan fingerprint density at radius 2 is 1.69 bits per heavy atom.